The highest BCUT2D eigenvalue weighted by Gasteiger charge is 2.27. The molecule has 2 atom stereocenters. The van der Waals surface area contributed by atoms with E-state index in [1.165, 1.54) is 18.6 Å². The van der Waals surface area contributed by atoms with E-state index in [4.69, 9.17) is 28.9 Å². The van der Waals surface area contributed by atoms with Crippen molar-refractivity contribution in [2.75, 3.05) is 5.73 Å². The quantitative estimate of drug-likeness (QED) is 0.810. The van der Waals surface area contributed by atoms with E-state index in [0.29, 0.717) is 5.92 Å². The zero-order valence-corrected chi connectivity index (χ0v) is 14.2. The van der Waals surface area contributed by atoms with Gasteiger partial charge in [0.1, 0.15) is 4.90 Å². The van der Waals surface area contributed by atoms with Crippen LogP contribution in [0.5, 0.6) is 0 Å². The lowest BCUT2D eigenvalue weighted by Crippen LogP contribution is -2.38. The average Bonchev–Trinajstić information content (AvgIpc) is 2.44. The van der Waals surface area contributed by atoms with E-state index in [0.717, 1.165) is 25.7 Å². The number of nitrogens with two attached hydrogens (primary N) is 1. The number of nitrogen functional groups attached to an aromatic ring is 1. The second kappa shape index (κ2) is 6.73. The molecule has 1 fully saturated rings. The largest absolute Gasteiger partial charge is 0.396 e. The first-order chi connectivity index (χ1) is 9.85. The Morgan fingerprint density at radius 3 is 2.71 bits per heavy atom. The third kappa shape index (κ3) is 3.83. The molecule has 3 N–H and O–H groups in total. The predicted octanol–water partition coefficient (Wildman–Crippen LogP) is 3.82. The lowest BCUT2D eigenvalue weighted by Gasteiger charge is -2.29. The molecule has 2 unspecified atom stereocenters. The molecule has 118 valence electrons. The van der Waals surface area contributed by atoms with Crippen LogP contribution < -0.4 is 10.5 Å². The molecule has 2 rings (SSSR count). The van der Waals surface area contributed by atoms with Crippen molar-refractivity contribution in [2.24, 2.45) is 5.92 Å². The number of benzene rings is 1. The van der Waals surface area contributed by atoms with Crippen molar-refractivity contribution in [1.82, 2.24) is 4.72 Å². The summed E-state index contributed by atoms with van der Waals surface area (Å²) < 4.78 is 27.7. The third-order valence-corrected chi connectivity index (χ3v) is 6.47. The molecule has 0 radical (unpaired) electrons. The summed E-state index contributed by atoms with van der Waals surface area (Å²) in [5.74, 6) is 0.581. The number of nitrogens with one attached hydrogen (secondary N) is 1. The normalized spacial score (nSPS) is 23.2. The fraction of sp³-hybridized carbons (Fsp3) is 0.571. The van der Waals surface area contributed by atoms with Crippen molar-refractivity contribution >= 4 is 38.9 Å². The van der Waals surface area contributed by atoms with Gasteiger partial charge >= 0.3 is 0 Å². The van der Waals surface area contributed by atoms with Gasteiger partial charge in [-0.25, -0.2) is 13.1 Å². The summed E-state index contributed by atoms with van der Waals surface area (Å²) in [7, 11) is -3.68. The number of halogens is 2. The minimum Gasteiger partial charge on any atom is -0.396 e. The van der Waals surface area contributed by atoms with Crippen molar-refractivity contribution in [3.05, 3.63) is 22.2 Å². The molecule has 0 spiro atoms. The van der Waals surface area contributed by atoms with E-state index >= 15 is 0 Å². The van der Waals surface area contributed by atoms with Gasteiger partial charge in [0, 0.05) is 6.04 Å². The minimum atomic E-state index is -3.68. The van der Waals surface area contributed by atoms with Crippen LogP contribution in [0.3, 0.4) is 0 Å². The Morgan fingerprint density at radius 1 is 1.33 bits per heavy atom. The van der Waals surface area contributed by atoms with E-state index in [2.05, 4.69) is 11.6 Å². The van der Waals surface area contributed by atoms with E-state index < -0.39 is 10.0 Å². The van der Waals surface area contributed by atoms with Gasteiger partial charge in [-0.15, -0.1) is 0 Å². The highest BCUT2D eigenvalue weighted by atomic mass is 35.5. The smallest absolute Gasteiger partial charge is 0.242 e. The Labute approximate surface area is 136 Å². The zero-order chi connectivity index (χ0) is 15.6. The standard InChI is InChI=1S/C14H20Cl2N2O2S/c1-2-9-4-3-5-10(8-9)18-21(19,20)12-7-6-11(15)14(17)13(12)16/h6-7,9-10,18H,2-5,8,17H2,1H3. The van der Waals surface area contributed by atoms with Crippen LogP contribution in [0.4, 0.5) is 5.69 Å². The van der Waals surface area contributed by atoms with Gasteiger partial charge in [0.2, 0.25) is 10.0 Å². The minimum absolute atomic E-state index is 0.00955. The summed E-state index contributed by atoms with van der Waals surface area (Å²) in [5, 5.41) is 0.237. The molecule has 1 aromatic rings. The second-order valence-electron chi connectivity index (χ2n) is 5.53. The van der Waals surface area contributed by atoms with E-state index in [1.54, 1.807) is 0 Å². The second-order valence-corrected chi connectivity index (χ2v) is 8.00. The van der Waals surface area contributed by atoms with Crippen LogP contribution in [-0.2, 0) is 10.0 Å². The molecule has 0 amide bonds. The van der Waals surface area contributed by atoms with Crippen molar-refractivity contribution < 1.29 is 8.42 Å². The molecule has 0 heterocycles. The fourth-order valence-electron chi connectivity index (χ4n) is 2.81. The van der Waals surface area contributed by atoms with Crippen molar-refractivity contribution in [3.63, 3.8) is 0 Å². The Kier molecular flexibility index (Phi) is 5.41. The van der Waals surface area contributed by atoms with Crippen molar-refractivity contribution in [2.45, 2.75) is 50.0 Å². The number of hydrogen-bond donors (Lipinski definition) is 2. The SMILES string of the molecule is CCC1CCCC(NS(=O)(=O)c2ccc(Cl)c(N)c2Cl)C1. The molecule has 0 saturated heterocycles. The van der Waals surface area contributed by atoms with Crippen molar-refractivity contribution in [1.29, 1.82) is 0 Å². The zero-order valence-electron chi connectivity index (χ0n) is 11.9. The Bertz CT molecular complexity index is 620. The summed E-state index contributed by atoms with van der Waals surface area (Å²) >= 11 is 11.9. The maximum absolute atomic E-state index is 12.5. The lowest BCUT2D eigenvalue weighted by molar-refractivity contribution is 0.301. The van der Waals surface area contributed by atoms with E-state index in [9.17, 15) is 8.42 Å². The van der Waals surface area contributed by atoms with E-state index in [1.807, 2.05) is 0 Å². The average molecular weight is 351 g/mol. The summed E-state index contributed by atoms with van der Waals surface area (Å²) in [6, 6.07) is 2.80. The maximum atomic E-state index is 12.5. The molecule has 21 heavy (non-hydrogen) atoms. The Balaban J connectivity index is 2.21. The topological polar surface area (TPSA) is 72.2 Å². The predicted molar refractivity (Wildman–Crippen MR) is 87.2 cm³/mol. The van der Waals surface area contributed by atoms with Gasteiger partial charge < -0.3 is 5.73 Å². The van der Waals surface area contributed by atoms with Crippen LogP contribution in [0.15, 0.2) is 17.0 Å². The van der Waals surface area contributed by atoms with Crippen LogP contribution in [-0.4, -0.2) is 14.5 Å². The van der Waals surface area contributed by atoms with Crippen LogP contribution in [0.2, 0.25) is 10.0 Å². The maximum Gasteiger partial charge on any atom is 0.242 e. The lowest BCUT2D eigenvalue weighted by atomic mass is 9.85. The van der Waals surface area contributed by atoms with Gasteiger partial charge in [-0.2, -0.15) is 0 Å². The summed E-state index contributed by atoms with van der Waals surface area (Å²) in [6.07, 6.45) is 5.02. The highest BCUT2D eigenvalue weighted by Crippen LogP contribution is 2.34. The molecule has 1 aromatic carbocycles. The number of sulfonamides is 1. The first kappa shape index (κ1) is 16.9. The molecule has 0 aromatic heterocycles. The monoisotopic (exact) mass is 350 g/mol. The molecule has 1 saturated carbocycles. The van der Waals surface area contributed by atoms with E-state index in [-0.39, 0.29) is 26.7 Å². The molecule has 1 aliphatic carbocycles. The van der Waals surface area contributed by atoms with Crippen LogP contribution in [0.1, 0.15) is 39.0 Å². The number of anilines is 1. The summed E-state index contributed by atoms with van der Waals surface area (Å²) in [5.41, 5.74) is 5.79. The van der Waals surface area contributed by atoms with Gasteiger partial charge in [-0.1, -0.05) is 49.4 Å². The molecule has 7 heteroatoms. The van der Waals surface area contributed by atoms with Crippen LogP contribution >= 0.6 is 23.2 Å². The third-order valence-electron chi connectivity index (χ3n) is 4.06. The first-order valence-corrected chi connectivity index (χ1v) is 9.35. The van der Waals surface area contributed by atoms with Gasteiger partial charge in [0.15, 0.2) is 0 Å². The van der Waals surface area contributed by atoms with Crippen LogP contribution in [0.25, 0.3) is 0 Å². The molecular formula is C14H20Cl2N2O2S. The Hall–Kier alpha value is -0.490. The molecule has 4 nitrogen and oxygen atoms in total. The fourth-order valence-corrected chi connectivity index (χ4v) is 4.86. The van der Waals surface area contributed by atoms with Gasteiger partial charge in [0.05, 0.1) is 15.7 Å². The van der Waals surface area contributed by atoms with Crippen LogP contribution in [0, 0.1) is 5.92 Å². The van der Waals surface area contributed by atoms with Gasteiger partial charge in [-0.3, -0.25) is 0 Å². The molecule has 0 bridgehead atoms. The summed E-state index contributed by atoms with van der Waals surface area (Å²) in [4.78, 5) is -0.00955. The van der Waals surface area contributed by atoms with Gasteiger partial charge in [0.25, 0.3) is 0 Å². The molecule has 1 aliphatic rings. The number of hydrogen-bond acceptors (Lipinski definition) is 3. The molecule has 0 aliphatic heterocycles. The summed E-state index contributed by atoms with van der Waals surface area (Å²) in [6.45, 7) is 2.14. The van der Waals surface area contributed by atoms with Gasteiger partial charge in [-0.05, 0) is 30.9 Å². The van der Waals surface area contributed by atoms with Crippen molar-refractivity contribution in [3.8, 4) is 0 Å². The Morgan fingerprint density at radius 2 is 2.05 bits per heavy atom. The molecular weight excluding hydrogens is 331 g/mol. The number of rotatable bonds is 4. The highest BCUT2D eigenvalue weighted by molar-refractivity contribution is 7.89. The first-order valence-electron chi connectivity index (χ1n) is 7.11.